The van der Waals surface area contributed by atoms with Gasteiger partial charge < -0.3 is 0 Å². The monoisotopic (exact) mass is 122 g/mol. The normalized spacial score (nSPS) is 10.0. The molecule has 0 bridgehead atoms. The van der Waals surface area contributed by atoms with Crippen LogP contribution >= 0.6 is 11.6 Å². The molecule has 0 aromatic heterocycles. The Kier molecular flexibility index (Phi) is 4.00. The van der Waals surface area contributed by atoms with Crippen LogP contribution in [0.25, 0.3) is 0 Å². The average Bonchev–Trinajstić information content (AvgIpc) is 1.35. The van der Waals surface area contributed by atoms with Crippen molar-refractivity contribution in [2.75, 3.05) is 5.88 Å². The highest BCUT2D eigenvalue weighted by Gasteiger charge is 1.89. The summed E-state index contributed by atoms with van der Waals surface area (Å²) in [5.41, 5.74) is 0. The number of rotatable bonds is 2. The number of hydrogen-bond acceptors (Lipinski definition) is 0. The zero-order valence-electron chi connectivity index (χ0n) is 4.37. The lowest BCUT2D eigenvalue weighted by atomic mass is 11.0. The molecule has 0 rings (SSSR count). The van der Waals surface area contributed by atoms with Crippen LogP contribution in [0.1, 0.15) is 0 Å². The summed E-state index contributed by atoms with van der Waals surface area (Å²) in [7, 11) is -0.302. The SMILES string of the molecule is C[SiH](C)CCCl. The minimum absolute atomic E-state index is 0.302. The first-order valence-electron chi connectivity index (χ1n) is 2.33. The molecule has 0 unspecified atom stereocenters. The predicted molar refractivity (Wildman–Crippen MR) is 34.4 cm³/mol. The quantitative estimate of drug-likeness (QED) is 0.387. The van der Waals surface area contributed by atoms with Crippen LogP contribution < -0.4 is 0 Å². The first-order chi connectivity index (χ1) is 2.77. The molecule has 0 nitrogen and oxygen atoms in total. The number of hydrogen-bond donors (Lipinski definition) is 0. The van der Waals surface area contributed by atoms with E-state index >= 15 is 0 Å². The first-order valence-corrected chi connectivity index (χ1v) is 5.99. The Morgan fingerprint density at radius 3 is 2.00 bits per heavy atom. The second kappa shape index (κ2) is 3.69. The maximum atomic E-state index is 5.43. The molecule has 0 aliphatic carbocycles. The van der Waals surface area contributed by atoms with Gasteiger partial charge in [0.05, 0.1) is 0 Å². The summed E-state index contributed by atoms with van der Waals surface area (Å²) in [5, 5.41) is 0. The van der Waals surface area contributed by atoms with Gasteiger partial charge >= 0.3 is 0 Å². The Balaban J connectivity index is 2.63. The second-order valence-corrected chi connectivity index (χ2v) is 5.61. The van der Waals surface area contributed by atoms with Gasteiger partial charge in [-0.3, -0.25) is 0 Å². The minimum atomic E-state index is -0.302. The van der Waals surface area contributed by atoms with Crippen molar-refractivity contribution in [3.63, 3.8) is 0 Å². The van der Waals surface area contributed by atoms with Crippen LogP contribution in [-0.2, 0) is 0 Å². The van der Waals surface area contributed by atoms with Gasteiger partial charge in [-0.2, -0.15) is 0 Å². The molecule has 38 valence electrons. The highest BCUT2D eigenvalue weighted by atomic mass is 35.5. The summed E-state index contributed by atoms with van der Waals surface area (Å²) >= 11 is 5.43. The summed E-state index contributed by atoms with van der Waals surface area (Å²) in [6.07, 6.45) is 0. The fourth-order valence-corrected chi connectivity index (χ4v) is 1.96. The van der Waals surface area contributed by atoms with Gasteiger partial charge in [-0.1, -0.05) is 13.1 Å². The van der Waals surface area contributed by atoms with Crippen LogP contribution in [0, 0.1) is 0 Å². The van der Waals surface area contributed by atoms with Gasteiger partial charge in [0.2, 0.25) is 0 Å². The van der Waals surface area contributed by atoms with Gasteiger partial charge in [0.15, 0.2) is 0 Å². The summed E-state index contributed by atoms with van der Waals surface area (Å²) < 4.78 is 0. The van der Waals surface area contributed by atoms with E-state index in [-0.39, 0.29) is 8.80 Å². The Labute approximate surface area is 46.1 Å². The van der Waals surface area contributed by atoms with Crippen LogP contribution in [-0.4, -0.2) is 14.7 Å². The van der Waals surface area contributed by atoms with E-state index in [4.69, 9.17) is 11.6 Å². The lowest BCUT2D eigenvalue weighted by Crippen LogP contribution is -1.97. The molecule has 6 heavy (non-hydrogen) atoms. The number of halogens is 1. The van der Waals surface area contributed by atoms with Gasteiger partial charge in [-0.25, -0.2) is 0 Å². The average molecular weight is 123 g/mol. The molecule has 0 atom stereocenters. The van der Waals surface area contributed by atoms with Crippen molar-refractivity contribution in [2.45, 2.75) is 19.1 Å². The molecule has 0 amide bonds. The third-order valence-electron chi connectivity index (χ3n) is 0.686. The zero-order valence-corrected chi connectivity index (χ0v) is 6.28. The lowest BCUT2D eigenvalue weighted by molar-refractivity contribution is 1.42. The molecule has 0 spiro atoms. The second-order valence-electron chi connectivity index (χ2n) is 1.87. The van der Waals surface area contributed by atoms with E-state index in [2.05, 4.69) is 13.1 Å². The van der Waals surface area contributed by atoms with E-state index in [1.807, 2.05) is 0 Å². The Morgan fingerprint density at radius 2 is 2.00 bits per heavy atom. The van der Waals surface area contributed by atoms with Crippen molar-refractivity contribution in [1.82, 2.24) is 0 Å². The molecule has 0 N–H and O–H groups in total. The largest absolute Gasteiger partial charge is 0.127 e. The van der Waals surface area contributed by atoms with Crippen LogP contribution in [0.3, 0.4) is 0 Å². The first kappa shape index (κ1) is 6.51. The van der Waals surface area contributed by atoms with Crippen molar-refractivity contribution >= 4 is 20.4 Å². The van der Waals surface area contributed by atoms with Gasteiger partial charge in [-0.15, -0.1) is 11.6 Å². The van der Waals surface area contributed by atoms with Gasteiger partial charge in [0, 0.05) is 14.7 Å². The van der Waals surface area contributed by atoms with E-state index in [0.29, 0.717) is 0 Å². The van der Waals surface area contributed by atoms with Crippen molar-refractivity contribution in [2.24, 2.45) is 0 Å². The van der Waals surface area contributed by atoms with Crippen molar-refractivity contribution in [1.29, 1.82) is 0 Å². The van der Waals surface area contributed by atoms with E-state index in [1.54, 1.807) is 0 Å². The van der Waals surface area contributed by atoms with Crippen LogP contribution in [0.5, 0.6) is 0 Å². The van der Waals surface area contributed by atoms with Crippen molar-refractivity contribution in [3.05, 3.63) is 0 Å². The van der Waals surface area contributed by atoms with E-state index < -0.39 is 0 Å². The highest BCUT2D eigenvalue weighted by Crippen LogP contribution is 1.91. The van der Waals surface area contributed by atoms with Gasteiger partial charge in [-0.05, 0) is 6.04 Å². The van der Waals surface area contributed by atoms with Gasteiger partial charge in [0.1, 0.15) is 0 Å². The molecule has 0 saturated heterocycles. The maximum absolute atomic E-state index is 5.43. The summed E-state index contributed by atoms with van der Waals surface area (Å²) in [6.45, 7) is 4.62. The van der Waals surface area contributed by atoms with E-state index in [1.165, 1.54) is 6.04 Å². The van der Waals surface area contributed by atoms with E-state index in [0.717, 1.165) is 5.88 Å². The van der Waals surface area contributed by atoms with Crippen molar-refractivity contribution in [3.8, 4) is 0 Å². The standard InChI is InChI=1S/C4H11ClSi/c1-6(2)4-3-5/h6H,3-4H2,1-2H3. The third-order valence-corrected chi connectivity index (χ3v) is 2.71. The van der Waals surface area contributed by atoms with Crippen LogP contribution in [0.15, 0.2) is 0 Å². The van der Waals surface area contributed by atoms with Crippen LogP contribution in [0.4, 0.5) is 0 Å². The Hall–Kier alpha value is 0.507. The Bertz CT molecular complexity index is 28.7. The predicted octanol–water partition coefficient (Wildman–Crippen LogP) is 1.71. The topological polar surface area (TPSA) is 0 Å². The molecule has 0 radical (unpaired) electrons. The smallest absolute Gasteiger partial charge is 0.0317 e. The summed E-state index contributed by atoms with van der Waals surface area (Å²) in [5.74, 6) is 0.865. The van der Waals surface area contributed by atoms with Gasteiger partial charge in [0.25, 0.3) is 0 Å². The Morgan fingerprint density at radius 1 is 1.50 bits per heavy atom. The summed E-state index contributed by atoms with van der Waals surface area (Å²) in [6, 6.07) is 1.28. The molecule has 0 aromatic rings. The minimum Gasteiger partial charge on any atom is -0.127 e. The molecule has 2 heteroatoms. The molecular formula is C4H11ClSi. The molecule has 0 aromatic carbocycles. The third kappa shape index (κ3) is 4.51. The molecule has 0 heterocycles. The van der Waals surface area contributed by atoms with Crippen molar-refractivity contribution < 1.29 is 0 Å². The molecule has 0 aliphatic heterocycles. The molecule has 0 fully saturated rings. The number of alkyl halides is 1. The lowest BCUT2D eigenvalue weighted by Gasteiger charge is -1.92. The molecule has 0 aliphatic rings. The molecule has 0 saturated carbocycles. The molecular weight excluding hydrogens is 112 g/mol. The fraction of sp³-hybridized carbons (Fsp3) is 1.00. The fourth-order valence-electron chi connectivity index (χ4n) is 0.218. The van der Waals surface area contributed by atoms with Crippen LogP contribution in [0.2, 0.25) is 19.1 Å². The zero-order chi connectivity index (χ0) is 4.99. The van der Waals surface area contributed by atoms with E-state index in [9.17, 15) is 0 Å². The maximum Gasteiger partial charge on any atom is 0.0317 e. The summed E-state index contributed by atoms with van der Waals surface area (Å²) in [4.78, 5) is 0. The highest BCUT2D eigenvalue weighted by molar-refractivity contribution is 6.56.